The van der Waals surface area contributed by atoms with Crippen molar-refractivity contribution in [3.05, 3.63) is 89.3 Å². The molecule has 6 heteroatoms. The number of ether oxygens (including phenoxy) is 1. The number of carbonyl (C=O) groups is 1. The number of nitrogens with zero attached hydrogens (tertiary/aromatic N) is 3. The van der Waals surface area contributed by atoms with Gasteiger partial charge in [-0.15, -0.1) is 0 Å². The molecule has 3 heterocycles. The minimum Gasteiger partial charge on any atom is -0.478 e. The molecule has 6 nitrogen and oxygen atoms in total. The van der Waals surface area contributed by atoms with E-state index in [4.69, 9.17) is 4.74 Å². The van der Waals surface area contributed by atoms with Gasteiger partial charge in [0.15, 0.2) is 0 Å². The van der Waals surface area contributed by atoms with Crippen LogP contribution in [0, 0.1) is 11.3 Å². The van der Waals surface area contributed by atoms with Crippen molar-refractivity contribution in [2.45, 2.75) is 51.0 Å². The molecule has 2 aliphatic carbocycles. The van der Waals surface area contributed by atoms with Gasteiger partial charge in [0.1, 0.15) is 17.1 Å². The summed E-state index contributed by atoms with van der Waals surface area (Å²) in [6.45, 7) is 4.35. The van der Waals surface area contributed by atoms with Crippen LogP contribution >= 0.6 is 0 Å². The van der Waals surface area contributed by atoms with E-state index in [1.165, 1.54) is 44.3 Å². The summed E-state index contributed by atoms with van der Waals surface area (Å²) < 4.78 is 6.11. The van der Waals surface area contributed by atoms with Crippen molar-refractivity contribution in [1.82, 2.24) is 9.88 Å². The first-order valence-corrected chi connectivity index (χ1v) is 14.8. The van der Waals surface area contributed by atoms with Gasteiger partial charge in [-0.25, -0.2) is 4.79 Å². The molecule has 0 bridgehead atoms. The molecule has 3 fully saturated rings. The van der Waals surface area contributed by atoms with Gasteiger partial charge in [-0.1, -0.05) is 55.3 Å². The van der Waals surface area contributed by atoms with Crippen LogP contribution in [0.1, 0.15) is 71.7 Å². The smallest absolute Gasteiger partial charge is 0.339 e. The van der Waals surface area contributed by atoms with Gasteiger partial charge in [-0.3, -0.25) is 9.88 Å². The Bertz CT molecular complexity index is 1420. The summed E-state index contributed by atoms with van der Waals surface area (Å²) in [5.41, 5.74) is 5.23. The number of piperidine rings is 1. The van der Waals surface area contributed by atoms with Gasteiger partial charge >= 0.3 is 5.97 Å². The summed E-state index contributed by atoms with van der Waals surface area (Å²) in [5, 5.41) is 9.80. The van der Waals surface area contributed by atoms with E-state index in [1.54, 1.807) is 12.3 Å². The highest BCUT2D eigenvalue weighted by atomic mass is 16.5. The Morgan fingerprint density at radius 3 is 2.62 bits per heavy atom. The monoisotopic (exact) mass is 535 g/mol. The number of anilines is 1. The Kier molecular flexibility index (Phi) is 6.59. The summed E-state index contributed by atoms with van der Waals surface area (Å²) in [7, 11) is 0. The molecule has 0 amide bonds. The van der Waals surface area contributed by atoms with Crippen LogP contribution in [0.15, 0.2) is 66.9 Å². The highest BCUT2D eigenvalue weighted by Gasteiger charge is 2.54. The molecule has 1 atom stereocenters. The number of fused-ring (bicyclic) bond motifs is 1. The Morgan fingerprint density at radius 1 is 1.05 bits per heavy atom. The standard InChI is InChI=1S/C34H37N3O3/c38-33(39)29-12-11-27(20-31(29)40-28-19-26-9-6-10-30(26)35-21-28)36-17-13-24(14-18-36)22-37-23-34(15-4-5-16-34)32(37)25-7-2-1-3-8-25/h1-3,6-9,11-12,19-21,24,32H,4-5,10,13-18,22-23H2,(H,38,39). The van der Waals surface area contributed by atoms with E-state index in [1.807, 2.05) is 24.3 Å². The van der Waals surface area contributed by atoms with Crippen LogP contribution in [0.25, 0.3) is 6.08 Å². The summed E-state index contributed by atoms with van der Waals surface area (Å²) >= 11 is 0. The van der Waals surface area contributed by atoms with Gasteiger partial charge in [0.25, 0.3) is 0 Å². The molecule has 1 spiro atoms. The molecular formula is C34H37N3O3. The number of allylic oxidation sites excluding steroid dienone is 1. The molecule has 3 aromatic rings. The number of benzene rings is 2. The maximum Gasteiger partial charge on any atom is 0.339 e. The van der Waals surface area contributed by atoms with E-state index in [0.717, 1.165) is 49.3 Å². The van der Waals surface area contributed by atoms with Crippen molar-refractivity contribution in [2.24, 2.45) is 11.3 Å². The third-order valence-electron chi connectivity index (χ3n) is 9.66. The molecule has 1 aromatic heterocycles. The molecule has 2 aromatic carbocycles. The number of aromatic carboxylic acids is 1. The van der Waals surface area contributed by atoms with Crippen molar-refractivity contribution >= 4 is 17.7 Å². The maximum absolute atomic E-state index is 12.0. The minimum absolute atomic E-state index is 0.167. The van der Waals surface area contributed by atoms with E-state index < -0.39 is 5.97 Å². The van der Waals surface area contributed by atoms with Crippen LogP contribution in [0.4, 0.5) is 5.69 Å². The molecule has 1 saturated carbocycles. The Labute approximate surface area is 236 Å². The first-order chi connectivity index (χ1) is 19.6. The van der Waals surface area contributed by atoms with Gasteiger partial charge in [-0.2, -0.15) is 0 Å². The number of aromatic nitrogens is 1. The molecule has 2 saturated heterocycles. The third kappa shape index (κ3) is 4.68. The summed E-state index contributed by atoms with van der Waals surface area (Å²) in [5.74, 6) is 0.618. The minimum atomic E-state index is -0.989. The molecule has 2 aliphatic heterocycles. The molecule has 40 heavy (non-hydrogen) atoms. The first kappa shape index (κ1) is 25.3. The zero-order chi connectivity index (χ0) is 27.1. The highest BCUT2D eigenvalue weighted by molar-refractivity contribution is 5.91. The predicted octanol–water partition coefficient (Wildman–Crippen LogP) is 6.98. The lowest BCUT2D eigenvalue weighted by Gasteiger charge is -2.58. The second-order valence-corrected chi connectivity index (χ2v) is 12.1. The Hall–Kier alpha value is -3.64. The zero-order valence-corrected chi connectivity index (χ0v) is 23.0. The predicted molar refractivity (Wildman–Crippen MR) is 157 cm³/mol. The third-order valence-corrected chi connectivity index (χ3v) is 9.66. The number of rotatable bonds is 7. The van der Waals surface area contributed by atoms with Gasteiger partial charge in [0.05, 0.1) is 11.9 Å². The molecule has 7 rings (SSSR count). The van der Waals surface area contributed by atoms with Gasteiger partial charge in [0.2, 0.25) is 0 Å². The lowest BCUT2D eigenvalue weighted by Crippen LogP contribution is -2.58. The topological polar surface area (TPSA) is 65.9 Å². The number of carboxylic acids is 1. The van der Waals surface area contributed by atoms with Crippen molar-refractivity contribution in [3.63, 3.8) is 0 Å². The SMILES string of the molecule is O=C(O)c1ccc(N2CCC(CN3CC4(CCCC4)C3c3ccccc3)CC2)cc1Oc1cnc2c(c1)C=CC2. The fraction of sp³-hybridized carbons (Fsp3) is 0.412. The van der Waals surface area contributed by atoms with E-state index in [-0.39, 0.29) is 5.56 Å². The molecule has 1 N–H and O–H groups in total. The molecule has 1 unspecified atom stereocenters. The van der Waals surface area contributed by atoms with E-state index in [0.29, 0.717) is 28.9 Å². The van der Waals surface area contributed by atoms with E-state index in [2.05, 4.69) is 51.2 Å². The molecular weight excluding hydrogens is 498 g/mol. The lowest BCUT2D eigenvalue weighted by atomic mass is 9.67. The van der Waals surface area contributed by atoms with Crippen molar-refractivity contribution in [1.29, 1.82) is 0 Å². The van der Waals surface area contributed by atoms with E-state index in [9.17, 15) is 9.90 Å². The summed E-state index contributed by atoms with van der Waals surface area (Å²) in [6.07, 6.45) is 14.4. The Morgan fingerprint density at radius 2 is 1.85 bits per heavy atom. The molecule has 206 valence electrons. The van der Waals surface area contributed by atoms with Crippen molar-refractivity contribution < 1.29 is 14.6 Å². The van der Waals surface area contributed by atoms with Crippen LogP contribution in [0.3, 0.4) is 0 Å². The van der Waals surface area contributed by atoms with Gasteiger partial charge in [0, 0.05) is 55.8 Å². The highest BCUT2D eigenvalue weighted by Crippen LogP contribution is 2.58. The van der Waals surface area contributed by atoms with Gasteiger partial charge < -0.3 is 14.7 Å². The van der Waals surface area contributed by atoms with E-state index >= 15 is 0 Å². The molecule has 4 aliphatic rings. The first-order valence-electron chi connectivity index (χ1n) is 14.8. The lowest BCUT2D eigenvalue weighted by molar-refractivity contribution is -0.0832. The normalized spacial score (nSPS) is 21.9. The van der Waals surface area contributed by atoms with Crippen molar-refractivity contribution in [2.75, 3.05) is 31.1 Å². The Balaban J connectivity index is 1.02. The number of likely N-dealkylation sites (tertiary alicyclic amines) is 1. The van der Waals surface area contributed by atoms with Crippen LogP contribution in [0.5, 0.6) is 11.5 Å². The van der Waals surface area contributed by atoms with Gasteiger partial charge in [-0.05, 0) is 60.9 Å². The van der Waals surface area contributed by atoms with Crippen LogP contribution in [-0.4, -0.2) is 47.1 Å². The number of hydrogen-bond acceptors (Lipinski definition) is 5. The fourth-order valence-electron chi connectivity index (χ4n) is 7.70. The van der Waals surface area contributed by atoms with Crippen molar-refractivity contribution in [3.8, 4) is 11.5 Å². The average molecular weight is 536 g/mol. The quantitative estimate of drug-likeness (QED) is 0.352. The summed E-state index contributed by atoms with van der Waals surface area (Å²) in [6, 6.07) is 19.2. The second-order valence-electron chi connectivity index (χ2n) is 12.1. The van der Waals surface area contributed by atoms with Crippen LogP contribution in [-0.2, 0) is 6.42 Å². The number of hydrogen-bond donors (Lipinski definition) is 1. The van der Waals surface area contributed by atoms with Crippen LogP contribution < -0.4 is 9.64 Å². The summed E-state index contributed by atoms with van der Waals surface area (Å²) in [4.78, 5) is 21.6. The largest absolute Gasteiger partial charge is 0.478 e. The zero-order valence-electron chi connectivity index (χ0n) is 23.0. The second kappa shape index (κ2) is 10.4. The maximum atomic E-state index is 12.0. The molecule has 0 radical (unpaired) electrons. The fourth-order valence-corrected chi connectivity index (χ4v) is 7.70. The number of pyridine rings is 1. The number of carboxylic acid groups (broad SMARTS) is 1. The average Bonchev–Trinajstić information content (AvgIpc) is 3.64. The van der Waals surface area contributed by atoms with Crippen LogP contribution in [0.2, 0.25) is 0 Å².